The summed E-state index contributed by atoms with van der Waals surface area (Å²) in [5, 5.41) is 0. The third-order valence-electron chi connectivity index (χ3n) is 1.43. The minimum atomic E-state index is 0.925. The van der Waals surface area contributed by atoms with E-state index in [9.17, 15) is 0 Å². The van der Waals surface area contributed by atoms with E-state index in [1.54, 1.807) is 0 Å². The van der Waals surface area contributed by atoms with Gasteiger partial charge in [0.1, 0.15) is 0 Å². The van der Waals surface area contributed by atoms with Crippen molar-refractivity contribution in [2.75, 3.05) is 12.0 Å². The Balaban J connectivity index is 2.56. The lowest BCUT2D eigenvalue weighted by atomic mass is 10.2. The van der Waals surface area contributed by atoms with Crippen LogP contribution in [0.4, 0.5) is 5.69 Å². The van der Waals surface area contributed by atoms with E-state index in [4.69, 9.17) is 0 Å². The van der Waals surface area contributed by atoms with Crippen molar-refractivity contribution in [1.29, 1.82) is 0 Å². The molecule has 0 spiro atoms. The van der Waals surface area contributed by atoms with Crippen LogP contribution < -0.4 is 10.9 Å². The molecule has 0 aliphatic heterocycles. The van der Waals surface area contributed by atoms with Gasteiger partial charge in [0.15, 0.2) is 0 Å². The number of hydrazine groups is 1. The maximum atomic E-state index is 3.09. The van der Waals surface area contributed by atoms with Gasteiger partial charge in [-0.05, 0) is 24.6 Å². The Morgan fingerprint density at radius 1 is 1.36 bits per heavy atom. The molecule has 60 valence electrons. The lowest BCUT2D eigenvalue weighted by molar-refractivity contribution is 0.844. The molecule has 2 nitrogen and oxygen atoms in total. The first kappa shape index (κ1) is 8.08. The van der Waals surface area contributed by atoms with E-state index in [1.807, 2.05) is 12.1 Å². The summed E-state index contributed by atoms with van der Waals surface area (Å²) in [6.07, 6.45) is 0. The molecule has 0 aliphatic carbocycles. The van der Waals surface area contributed by atoms with Gasteiger partial charge in [-0.25, -0.2) is 5.43 Å². The predicted molar refractivity (Wildman–Crippen MR) is 48.5 cm³/mol. The highest BCUT2D eigenvalue weighted by atomic mass is 15.3. The van der Waals surface area contributed by atoms with Crippen LogP contribution in [0.1, 0.15) is 12.5 Å². The van der Waals surface area contributed by atoms with Gasteiger partial charge in [-0.1, -0.05) is 19.1 Å². The number of nitrogens with one attached hydrogen (secondary N) is 2. The highest BCUT2D eigenvalue weighted by Gasteiger charge is 1.88. The maximum absolute atomic E-state index is 3.09. The summed E-state index contributed by atoms with van der Waals surface area (Å²) in [5.74, 6) is 0. The fourth-order valence-corrected chi connectivity index (χ4v) is 0.913. The molecule has 0 bridgehead atoms. The van der Waals surface area contributed by atoms with E-state index in [-0.39, 0.29) is 0 Å². The second-order valence-corrected chi connectivity index (χ2v) is 2.52. The monoisotopic (exact) mass is 150 g/mol. The van der Waals surface area contributed by atoms with Crippen LogP contribution in [0.25, 0.3) is 0 Å². The second kappa shape index (κ2) is 3.98. The highest BCUT2D eigenvalue weighted by Crippen LogP contribution is 2.07. The third kappa shape index (κ3) is 2.60. The molecule has 0 heterocycles. The molecule has 2 N–H and O–H groups in total. The van der Waals surface area contributed by atoms with Gasteiger partial charge in [0.2, 0.25) is 0 Å². The Hall–Kier alpha value is -1.02. The van der Waals surface area contributed by atoms with Crippen molar-refractivity contribution in [3.8, 4) is 0 Å². The standard InChI is InChI=1S/C9H14N2/c1-3-10-11-9-6-4-5-8(2)7-9/h4-7,10-11H,3H2,1-2H3. The summed E-state index contributed by atoms with van der Waals surface area (Å²) in [6, 6.07) is 8.25. The minimum absolute atomic E-state index is 0.925. The van der Waals surface area contributed by atoms with E-state index < -0.39 is 0 Å². The molecule has 0 fully saturated rings. The number of rotatable bonds is 3. The van der Waals surface area contributed by atoms with Crippen LogP contribution in [0.2, 0.25) is 0 Å². The van der Waals surface area contributed by atoms with Crippen molar-refractivity contribution in [1.82, 2.24) is 5.43 Å². The molecular formula is C9H14N2. The average molecular weight is 150 g/mol. The van der Waals surface area contributed by atoms with E-state index in [2.05, 4.69) is 36.8 Å². The molecule has 0 aliphatic rings. The summed E-state index contributed by atoms with van der Waals surface area (Å²) in [7, 11) is 0. The van der Waals surface area contributed by atoms with Crippen molar-refractivity contribution in [2.45, 2.75) is 13.8 Å². The molecule has 1 aromatic carbocycles. The smallest absolute Gasteiger partial charge is 0.0490 e. The van der Waals surface area contributed by atoms with E-state index in [0.717, 1.165) is 12.2 Å². The normalized spacial score (nSPS) is 9.64. The van der Waals surface area contributed by atoms with Gasteiger partial charge in [-0.2, -0.15) is 0 Å². The topological polar surface area (TPSA) is 24.1 Å². The molecular weight excluding hydrogens is 136 g/mol. The van der Waals surface area contributed by atoms with Gasteiger partial charge in [-0.15, -0.1) is 0 Å². The Morgan fingerprint density at radius 3 is 2.82 bits per heavy atom. The molecule has 0 saturated heterocycles. The SMILES string of the molecule is CCNNc1cccc(C)c1. The number of hydrogen-bond donors (Lipinski definition) is 2. The molecule has 0 atom stereocenters. The van der Waals surface area contributed by atoms with Gasteiger partial charge in [-0.3, -0.25) is 0 Å². The van der Waals surface area contributed by atoms with Crippen LogP contribution in [0.15, 0.2) is 24.3 Å². The lowest BCUT2D eigenvalue weighted by Crippen LogP contribution is -2.20. The zero-order valence-corrected chi connectivity index (χ0v) is 7.02. The fourth-order valence-electron chi connectivity index (χ4n) is 0.913. The Morgan fingerprint density at radius 2 is 2.18 bits per heavy atom. The lowest BCUT2D eigenvalue weighted by Gasteiger charge is -2.05. The molecule has 1 aromatic rings. The molecule has 2 heteroatoms. The van der Waals surface area contributed by atoms with Crippen molar-refractivity contribution in [3.63, 3.8) is 0 Å². The van der Waals surface area contributed by atoms with E-state index in [0.29, 0.717) is 0 Å². The van der Waals surface area contributed by atoms with E-state index in [1.165, 1.54) is 5.56 Å². The zero-order chi connectivity index (χ0) is 8.10. The van der Waals surface area contributed by atoms with Crippen molar-refractivity contribution < 1.29 is 0 Å². The molecule has 11 heavy (non-hydrogen) atoms. The van der Waals surface area contributed by atoms with Crippen LogP contribution >= 0.6 is 0 Å². The third-order valence-corrected chi connectivity index (χ3v) is 1.43. The molecule has 1 rings (SSSR count). The predicted octanol–water partition coefficient (Wildman–Crippen LogP) is 1.93. The van der Waals surface area contributed by atoms with Gasteiger partial charge >= 0.3 is 0 Å². The van der Waals surface area contributed by atoms with Crippen LogP contribution in [0.3, 0.4) is 0 Å². The first-order chi connectivity index (χ1) is 5.33. The molecule has 0 unspecified atom stereocenters. The first-order valence-electron chi connectivity index (χ1n) is 3.88. The largest absolute Gasteiger partial charge is 0.322 e. The maximum Gasteiger partial charge on any atom is 0.0490 e. The average Bonchev–Trinajstić information content (AvgIpc) is 2.01. The van der Waals surface area contributed by atoms with Crippen LogP contribution in [-0.4, -0.2) is 6.54 Å². The summed E-state index contributed by atoms with van der Waals surface area (Å²) < 4.78 is 0. The molecule has 0 aromatic heterocycles. The molecule has 0 saturated carbocycles. The summed E-state index contributed by atoms with van der Waals surface area (Å²) in [5.41, 5.74) is 8.52. The Kier molecular flexibility index (Phi) is 2.93. The number of anilines is 1. The van der Waals surface area contributed by atoms with Crippen LogP contribution in [-0.2, 0) is 0 Å². The minimum Gasteiger partial charge on any atom is -0.322 e. The first-order valence-corrected chi connectivity index (χ1v) is 3.88. The van der Waals surface area contributed by atoms with E-state index >= 15 is 0 Å². The summed E-state index contributed by atoms with van der Waals surface area (Å²) >= 11 is 0. The van der Waals surface area contributed by atoms with Gasteiger partial charge in [0.05, 0.1) is 0 Å². The molecule has 0 amide bonds. The quantitative estimate of drug-likeness (QED) is 0.643. The van der Waals surface area contributed by atoms with Gasteiger partial charge in [0.25, 0.3) is 0 Å². The highest BCUT2D eigenvalue weighted by molar-refractivity contribution is 5.44. The summed E-state index contributed by atoms with van der Waals surface area (Å²) in [6.45, 7) is 5.06. The number of aryl methyl sites for hydroxylation is 1. The van der Waals surface area contributed by atoms with Crippen LogP contribution in [0.5, 0.6) is 0 Å². The fraction of sp³-hybridized carbons (Fsp3) is 0.333. The second-order valence-electron chi connectivity index (χ2n) is 2.52. The molecule has 0 radical (unpaired) electrons. The Labute approximate surface area is 67.6 Å². The number of hydrogen-bond acceptors (Lipinski definition) is 2. The number of benzene rings is 1. The van der Waals surface area contributed by atoms with Crippen LogP contribution in [0, 0.1) is 6.92 Å². The van der Waals surface area contributed by atoms with Gasteiger partial charge in [0, 0.05) is 12.2 Å². The van der Waals surface area contributed by atoms with Gasteiger partial charge < -0.3 is 5.43 Å². The zero-order valence-electron chi connectivity index (χ0n) is 7.02. The van der Waals surface area contributed by atoms with Crippen molar-refractivity contribution >= 4 is 5.69 Å². The van der Waals surface area contributed by atoms with Crippen molar-refractivity contribution in [3.05, 3.63) is 29.8 Å². The summed E-state index contributed by atoms with van der Waals surface area (Å²) in [4.78, 5) is 0. The van der Waals surface area contributed by atoms with Crippen molar-refractivity contribution in [2.24, 2.45) is 0 Å². The Bertz CT molecular complexity index is 221.